The van der Waals surface area contributed by atoms with Crippen molar-refractivity contribution in [3.05, 3.63) is 12.5 Å². The number of hydrogen-bond donors (Lipinski definition) is 4. The van der Waals surface area contributed by atoms with Gasteiger partial charge in [0.25, 0.3) is 0 Å². The maximum atomic E-state index is 10.3. The standard InChI is InChI=1S/C6H11NO10S2/c8-3-5(9)6(4-17-19(13,14)15)16-2-1-7-18(10,11)12/h1-3,5-7,9H,4H2,(H,10,11,12)(H,13,14,15)/b2-1+. The first kappa shape index (κ1) is 17.8. The summed E-state index contributed by atoms with van der Waals surface area (Å²) in [5.41, 5.74) is 0. The van der Waals surface area contributed by atoms with Crippen LogP contribution in [0, 0.1) is 0 Å². The molecule has 0 radical (unpaired) electrons. The zero-order valence-corrected chi connectivity index (χ0v) is 10.7. The molecule has 0 amide bonds. The Balaban J connectivity index is 4.49. The molecule has 2 atom stereocenters. The Labute approximate surface area is 108 Å². The van der Waals surface area contributed by atoms with Crippen LogP contribution in [0.5, 0.6) is 0 Å². The Kier molecular flexibility index (Phi) is 6.88. The summed E-state index contributed by atoms with van der Waals surface area (Å²) < 4.78 is 67.4. The van der Waals surface area contributed by atoms with E-state index in [0.29, 0.717) is 12.5 Å². The lowest BCUT2D eigenvalue weighted by molar-refractivity contribution is -0.122. The van der Waals surface area contributed by atoms with E-state index in [1.807, 2.05) is 0 Å². The van der Waals surface area contributed by atoms with Crippen molar-refractivity contribution in [1.29, 1.82) is 0 Å². The molecule has 0 rings (SSSR count). The second-order valence-corrected chi connectivity index (χ2v) is 5.19. The van der Waals surface area contributed by atoms with E-state index in [1.54, 1.807) is 0 Å². The fourth-order valence-corrected chi connectivity index (χ4v) is 1.25. The maximum Gasteiger partial charge on any atom is 0.397 e. The molecule has 0 saturated carbocycles. The van der Waals surface area contributed by atoms with E-state index in [0.717, 1.165) is 0 Å². The van der Waals surface area contributed by atoms with Crippen molar-refractivity contribution in [1.82, 2.24) is 4.72 Å². The van der Waals surface area contributed by atoms with E-state index < -0.39 is 39.5 Å². The number of carbonyl (C=O) groups excluding carboxylic acids is 1. The normalized spacial score (nSPS) is 15.9. The number of aliphatic hydroxyl groups is 1. The Morgan fingerprint density at radius 2 is 1.79 bits per heavy atom. The Hall–Kier alpha value is -1.25. The molecule has 0 saturated heterocycles. The summed E-state index contributed by atoms with van der Waals surface area (Å²) in [7, 11) is -9.30. The molecule has 0 aromatic rings. The van der Waals surface area contributed by atoms with Crippen LogP contribution in [-0.2, 0) is 34.4 Å². The van der Waals surface area contributed by atoms with Gasteiger partial charge in [-0.1, -0.05) is 0 Å². The molecule has 112 valence electrons. The van der Waals surface area contributed by atoms with Gasteiger partial charge in [0, 0.05) is 6.20 Å². The SMILES string of the molecule is O=CC(O)C(COS(=O)(=O)O)O/C=C/NS(=O)(=O)O. The Morgan fingerprint density at radius 1 is 1.21 bits per heavy atom. The maximum absolute atomic E-state index is 10.3. The van der Waals surface area contributed by atoms with E-state index in [1.165, 1.54) is 4.72 Å². The molecule has 11 nitrogen and oxygen atoms in total. The summed E-state index contributed by atoms with van der Waals surface area (Å²) in [6.07, 6.45) is -2.12. The molecule has 0 spiro atoms. The summed E-state index contributed by atoms with van der Waals surface area (Å²) in [5.74, 6) is 0. The lowest BCUT2D eigenvalue weighted by Crippen LogP contribution is -2.34. The van der Waals surface area contributed by atoms with Crippen molar-refractivity contribution in [3.8, 4) is 0 Å². The fourth-order valence-electron chi connectivity index (χ4n) is 0.713. The van der Waals surface area contributed by atoms with Crippen molar-refractivity contribution < 1.29 is 44.8 Å². The van der Waals surface area contributed by atoms with Gasteiger partial charge in [-0.15, -0.1) is 0 Å². The topological polar surface area (TPSA) is 177 Å². The predicted octanol–water partition coefficient (Wildman–Crippen LogP) is -2.39. The van der Waals surface area contributed by atoms with Gasteiger partial charge in [0.05, 0.1) is 0 Å². The number of hydrogen-bond acceptors (Lipinski definition) is 8. The van der Waals surface area contributed by atoms with Gasteiger partial charge in [-0.05, 0) is 0 Å². The van der Waals surface area contributed by atoms with Crippen LogP contribution < -0.4 is 4.72 Å². The van der Waals surface area contributed by atoms with Gasteiger partial charge in [0.1, 0.15) is 19.0 Å². The van der Waals surface area contributed by atoms with Crippen molar-refractivity contribution in [2.45, 2.75) is 12.2 Å². The zero-order valence-electron chi connectivity index (χ0n) is 9.11. The van der Waals surface area contributed by atoms with Crippen LogP contribution in [0.1, 0.15) is 0 Å². The molecule has 0 fully saturated rings. The van der Waals surface area contributed by atoms with E-state index in [2.05, 4.69) is 8.92 Å². The lowest BCUT2D eigenvalue weighted by atomic mass is 10.2. The molecule has 19 heavy (non-hydrogen) atoms. The van der Waals surface area contributed by atoms with Gasteiger partial charge in [-0.2, -0.15) is 16.8 Å². The second-order valence-electron chi connectivity index (χ2n) is 2.91. The highest BCUT2D eigenvalue weighted by Gasteiger charge is 2.22. The second kappa shape index (κ2) is 7.37. The molecule has 0 heterocycles. The van der Waals surface area contributed by atoms with Gasteiger partial charge in [-0.25, -0.2) is 4.18 Å². The highest BCUT2D eigenvalue weighted by molar-refractivity contribution is 7.83. The molecule has 0 aliphatic rings. The van der Waals surface area contributed by atoms with Gasteiger partial charge < -0.3 is 14.6 Å². The minimum Gasteiger partial charge on any atom is -0.491 e. The van der Waals surface area contributed by atoms with Crippen molar-refractivity contribution in [2.24, 2.45) is 0 Å². The molecule has 0 aromatic carbocycles. The third-order valence-corrected chi connectivity index (χ3v) is 2.31. The van der Waals surface area contributed by atoms with Gasteiger partial charge in [0.2, 0.25) is 0 Å². The number of aldehydes is 1. The quantitative estimate of drug-likeness (QED) is 0.203. The largest absolute Gasteiger partial charge is 0.491 e. The first-order valence-corrected chi connectivity index (χ1v) is 7.16. The van der Waals surface area contributed by atoms with E-state index in [9.17, 15) is 21.6 Å². The summed E-state index contributed by atoms with van der Waals surface area (Å²) in [4.78, 5) is 10.3. The first-order chi connectivity index (χ1) is 8.55. The lowest BCUT2D eigenvalue weighted by Gasteiger charge is -2.17. The van der Waals surface area contributed by atoms with Crippen LogP contribution in [0.15, 0.2) is 12.5 Å². The van der Waals surface area contributed by atoms with E-state index in [-0.39, 0.29) is 6.29 Å². The zero-order chi connectivity index (χ0) is 15.1. The Bertz CT molecular complexity index is 508. The smallest absolute Gasteiger partial charge is 0.397 e. The van der Waals surface area contributed by atoms with Gasteiger partial charge >= 0.3 is 20.7 Å². The van der Waals surface area contributed by atoms with Crippen molar-refractivity contribution in [3.63, 3.8) is 0 Å². The number of nitrogens with one attached hydrogen (secondary N) is 1. The summed E-state index contributed by atoms with van der Waals surface area (Å²) in [5, 5.41) is 9.10. The molecule has 0 aliphatic carbocycles. The molecule has 0 aromatic heterocycles. The predicted molar refractivity (Wildman–Crippen MR) is 58.3 cm³/mol. The monoisotopic (exact) mass is 321 g/mol. The molecule has 2 unspecified atom stereocenters. The van der Waals surface area contributed by atoms with Crippen LogP contribution in [0.4, 0.5) is 0 Å². The highest BCUT2D eigenvalue weighted by Crippen LogP contribution is 2.02. The molecule has 0 bridgehead atoms. The number of ether oxygens (including phenoxy) is 1. The summed E-state index contributed by atoms with van der Waals surface area (Å²) >= 11 is 0. The molecule has 13 heteroatoms. The minimum atomic E-state index is -4.80. The summed E-state index contributed by atoms with van der Waals surface area (Å²) in [6, 6.07) is 0. The first-order valence-electron chi connectivity index (χ1n) is 4.35. The highest BCUT2D eigenvalue weighted by atomic mass is 32.3. The van der Waals surface area contributed by atoms with E-state index >= 15 is 0 Å². The summed E-state index contributed by atoms with van der Waals surface area (Å²) in [6.45, 7) is -0.908. The number of rotatable bonds is 9. The van der Waals surface area contributed by atoms with Gasteiger partial charge in [0.15, 0.2) is 12.4 Å². The van der Waals surface area contributed by atoms with Crippen molar-refractivity contribution >= 4 is 27.0 Å². The molecular weight excluding hydrogens is 310 g/mol. The van der Waals surface area contributed by atoms with Gasteiger partial charge in [-0.3, -0.25) is 13.8 Å². The van der Waals surface area contributed by atoms with Crippen LogP contribution in [0.2, 0.25) is 0 Å². The van der Waals surface area contributed by atoms with Crippen LogP contribution in [-0.4, -0.2) is 56.1 Å². The average molecular weight is 321 g/mol. The van der Waals surface area contributed by atoms with Crippen LogP contribution in [0.25, 0.3) is 0 Å². The van der Waals surface area contributed by atoms with Crippen molar-refractivity contribution in [2.75, 3.05) is 6.61 Å². The van der Waals surface area contributed by atoms with E-state index in [4.69, 9.17) is 14.2 Å². The number of aliphatic hydroxyl groups excluding tert-OH is 1. The fraction of sp³-hybridized carbons (Fsp3) is 0.500. The third-order valence-electron chi connectivity index (χ3n) is 1.44. The average Bonchev–Trinajstić information content (AvgIpc) is 2.24. The molecule has 0 aliphatic heterocycles. The third kappa shape index (κ3) is 10.4. The molecular formula is C6H11NO10S2. The minimum absolute atomic E-state index is 0.00206. The Morgan fingerprint density at radius 3 is 2.21 bits per heavy atom. The van der Waals surface area contributed by atoms with Crippen LogP contribution >= 0.6 is 0 Å². The molecule has 4 N–H and O–H groups in total. The number of carbonyl (C=O) groups is 1. The van der Waals surface area contributed by atoms with Crippen LogP contribution in [0.3, 0.4) is 0 Å².